The fourth-order valence-electron chi connectivity index (χ4n) is 4.06. The minimum Gasteiger partial charge on any atom is -0.508 e. The summed E-state index contributed by atoms with van der Waals surface area (Å²) in [5, 5.41) is 13.5. The van der Waals surface area contributed by atoms with E-state index in [1.54, 1.807) is 43.3 Å². The van der Waals surface area contributed by atoms with Crippen molar-refractivity contribution in [2.75, 3.05) is 0 Å². The maximum absolute atomic E-state index is 13.3. The molecule has 8 heteroatoms. The summed E-state index contributed by atoms with van der Waals surface area (Å²) in [6.45, 7) is 3.62. The van der Waals surface area contributed by atoms with E-state index in [2.05, 4.69) is 10.3 Å². The lowest BCUT2D eigenvalue weighted by Crippen LogP contribution is -2.28. The zero-order valence-electron chi connectivity index (χ0n) is 18.9. The Balaban J connectivity index is 1.62. The van der Waals surface area contributed by atoms with Crippen LogP contribution in [0, 0.1) is 6.92 Å². The Morgan fingerprint density at radius 3 is 2.62 bits per heavy atom. The lowest BCUT2D eigenvalue weighted by Gasteiger charge is -2.16. The van der Waals surface area contributed by atoms with Gasteiger partial charge in [-0.3, -0.25) is 4.79 Å². The molecule has 2 heterocycles. The molecule has 0 saturated heterocycles. The van der Waals surface area contributed by atoms with Crippen LogP contribution in [0.4, 0.5) is 13.2 Å². The zero-order chi connectivity index (χ0) is 24.6. The molecular formula is C26H24F3N3O2. The Kier molecular flexibility index (Phi) is 6.08. The number of nitrogens with zero attached hydrogens (tertiary/aromatic N) is 2. The van der Waals surface area contributed by atoms with Gasteiger partial charge in [-0.1, -0.05) is 29.8 Å². The Morgan fingerprint density at radius 2 is 1.91 bits per heavy atom. The number of pyridine rings is 1. The number of hydrogen-bond donors (Lipinski definition) is 2. The average Bonchev–Trinajstić information content (AvgIpc) is 3.11. The van der Waals surface area contributed by atoms with Gasteiger partial charge in [0.1, 0.15) is 11.4 Å². The second kappa shape index (κ2) is 8.85. The number of benzene rings is 2. The number of aromatic hydroxyl groups is 1. The highest BCUT2D eigenvalue weighted by Crippen LogP contribution is 2.32. The summed E-state index contributed by atoms with van der Waals surface area (Å²) >= 11 is 0. The van der Waals surface area contributed by atoms with Crippen LogP contribution in [0.25, 0.3) is 22.2 Å². The SMILES string of the molecule is Cc1cccc(-c2nc(C(F)(F)F)ccc2CNC(=O)C(C)c2cn(C)c3ccc(O)cc23)c1. The van der Waals surface area contributed by atoms with Crippen molar-refractivity contribution in [1.82, 2.24) is 14.9 Å². The lowest BCUT2D eigenvalue weighted by molar-refractivity contribution is -0.141. The molecule has 176 valence electrons. The highest BCUT2D eigenvalue weighted by Gasteiger charge is 2.33. The largest absolute Gasteiger partial charge is 0.508 e. The van der Waals surface area contributed by atoms with Gasteiger partial charge in [0.25, 0.3) is 0 Å². The fourth-order valence-corrected chi connectivity index (χ4v) is 4.06. The number of carbonyl (C=O) groups excluding carboxylic acids is 1. The summed E-state index contributed by atoms with van der Waals surface area (Å²) < 4.78 is 41.8. The van der Waals surface area contributed by atoms with Crippen LogP contribution in [0.1, 0.15) is 35.2 Å². The Hall–Kier alpha value is -3.81. The first-order valence-corrected chi connectivity index (χ1v) is 10.7. The normalized spacial score (nSPS) is 12.6. The number of carbonyl (C=O) groups is 1. The number of hydrogen-bond acceptors (Lipinski definition) is 3. The van der Waals surface area contributed by atoms with E-state index in [1.807, 2.05) is 30.8 Å². The van der Waals surface area contributed by atoms with Crippen molar-refractivity contribution in [2.45, 2.75) is 32.5 Å². The third-order valence-electron chi connectivity index (χ3n) is 5.88. The molecule has 1 amide bonds. The second-order valence-corrected chi connectivity index (χ2v) is 8.41. The van der Waals surface area contributed by atoms with Crippen molar-refractivity contribution < 1.29 is 23.1 Å². The number of fused-ring (bicyclic) bond motifs is 1. The highest BCUT2D eigenvalue weighted by atomic mass is 19.4. The van der Waals surface area contributed by atoms with Gasteiger partial charge in [0.15, 0.2) is 0 Å². The van der Waals surface area contributed by atoms with Crippen molar-refractivity contribution in [1.29, 1.82) is 0 Å². The molecule has 1 unspecified atom stereocenters. The molecule has 0 saturated carbocycles. The Morgan fingerprint density at radius 1 is 1.15 bits per heavy atom. The molecule has 2 aromatic carbocycles. The third-order valence-corrected chi connectivity index (χ3v) is 5.88. The van der Waals surface area contributed by atoms with Gasteiger partial charge < -0.3 is 15.0 Å². The van der Waals surface area contributed by atoms with Gasteiger partial charge in [0.05, 0.1) is 11.6 Å². The number of amides is 1. The highest BCUT2D eigenvalue weighted by molar-refractivity contribution is 5.92. The number of alkyl halides is 3. The molecule has 34 heavy (non-hydrogen) atoms. The Bertz CT molecular complexity index is 1380. The second-order valence-electron chi connectivity index (χ2n) is 8.41. The minimum atomic E-state index is -4.57. The van der Waals surface area contributed by atoms with Crippen molar-refractivity contribution in [2.24, 2.45) is 7.05 Å². The predicted molar refractivity (Wildman–Crippen MR) is 124 cm³/mol. The van der Waals surface area contributed by atoms with Crippen molar-refractivity contribution >= 4 is 16.8 Å². The van der Waals surface area contributed by atoms with Crippen LogP contribution in [0.15, 0.2) is 60.8 Å². The van der Waals surface area contributed by atoms with E-state index in [0.29, 0.717) is 11.1 Å². The van der Waals surface area contributed by atoms with E-state index >= 15 is 0 Å². The van der Waals surface area contributed by atoms with Gasteiger partial charge in [-0.15, -0.1) is 0 Å². The molecule has 0 aliphatic carbocycles. The van der Waals surface area contributed by atoms with Crippen molar-refractivity contribution in [3.63, 3.8) is 0 Å². The topological polar surface area (TPSA) is 67.2 Å². The molecule has 2 N–H and O–H groups in total. The van der Waals surface area contributed by atoms with Crippen LogP contribution in [-0.2, 0) is 24.6 Å². The molecule has 1 atom stereocenters. The standard InChI is InChI=1S/C26H24F3N3O2/c1-15-5-4-6-17(11-15)24-18(7-10-23(31-24)26(27,28)29)13-30-25(34)16(2)21-14-32(3)22-9-8-19(33)12-20(21)22/h4-12,14,16,33H,13H2,1-3H3,(H,30,34). The summed E-state index contributed by atoms with van der Waals surface area (Å²) in [6, 6.07) is 14.3. The van der Waals surface area contributed by atoms with E-state index < -0.39 is 17.8 Å². The first-order valence-electron chi connectivity index (χ1n) is 10.7. The predicted octanol–water partition coefficient (Wildman–Crippen LogP) is 5.69. The fraction of sp³-hybridized carbons (Fsp3) is 0.231. The van der Waals surface area contributed by atoms with E-state index in [1.165, 1.54) is 6.07 Å². The molecule has 0 spiro atoms. The first kappa shape index (κ1) is 23.4. The quantitative estimate of drug-likeness (QED) is 0.396. The first-order chi connectivity index (χ1) is 16.0. The van der Waals surface area contributed by atoms with Crippen LogP contribution in [0.3, 0.4) is 0 Å². The third kappa shape index (κ3) is 4.62. The maximum atomic E-state index is 13.3. The summed E-state index contributed by atoms with van der Waals surface area (Å²) in [5.41, 5.74) is 2.74. The van der Waals surface area contributed by atoms with Crippen molar-refractivity contribution in [3.05, 3.63) is 83.2 Å². The zero-order valence-corrected chi connectivity index (χ0v) is 18.9. The molecule has 2 aromatic heterocycles. The molecule has 5 nitrogen and oxygen atoms in total. The van der Waals surface area contributed by atoms with Gasteiger partial charge in [-0.2, -0.15) is 13.2 Å². The maximum Gasteiger partial charge on any atom is 0.433 e. The molecule has 0 bridgehead atoms. The van der Waals surface area contributed by atoms with Crippen LogP contribution in [-0.4, -0.2) is 20.6 Å². The Labute approximate surface area is 194 Å². The number of nitrogens with one attached hydrogen (secondary N) is 1. The number of rotatable bonds is 5. The molecule has 0 radical (unpaired) electrons. The molecular weight excluding hydrogens is 443 g/mol. The molecule has 0 fully saturated rings. The lowest BCUT2D eigenvalue weighted by atomic mass is 9.99. The average molecular weight is 467 g/mol. The van der Waals surface area contributed by atoms with E-state index in [0.717, 1.165) is 28.1 Å². The number of halogens is 3. The molecule has 4 aromatic rings. The molecule has 0 aliphatic heterocycles. The summed E-state index contributed by atoms with van der Waals surface area (Å²) in [4.78, 5) is 16.9. The summed E-state index contributed by atoms with van der Waals surface area (Å²) in [5.74, 6) is -0.729. The van der Waals surface area contributed by atoms with E-state index in [4.69, 9.17) is 0 Å². The van der Waals surface area contributed by atoms with Gasteiger partial charge in [-0.05, 0) is 55.3 Å². The van der Waals surface area contributed by atoms with Crippen LogP contribution in [0.5, 0.6) is 5.75 Å². The van der Waals surface area contributed by atoms with Crippen LogP contribution in [0.2, 0.25) is 0 Å². The number of phenolic OH excluding ortho intramolecular Hbond substituents is 1. The van der Waals surface area contributed by atoms with Gasteiger partial charge >= 0.3 is 6.18 Å². The smallest absolute Gasteiger partial charge is 0.433 e. The van der Waals surface area contributed by atoms with Crippen molar-refractivity contribution in [3.8, 4) is 17.0 Å². The van der Waals surface area contributed by atoms with Crippen LogP contribution >= 0.6 is 0 Å². The number of aromatic nitrogens is 2. The summed E-state index contributed by atoms with van der Waals surface area (Å²) in [6.07, 6.45) is -2.74. The minimum absolute atomic E-state index is 0.0214. The molecule has 0 aliphatic rings. The van der Waals surface area contributed by atoms with Gasteiger partial charge in [-0.25, -0.2) is 4.98 Å². The van der Waals surface area contributed by atoms with Crippen LogP contribution < -0.4 is 5.32 Å². The van der Waals surface area contributed by atoms with Gasteiger partial charge in [0.2, 0.25) is 5.91 Å². The number of aryl methyl sites for hydroxylation is 2. The van der Waals surface area contributed by atoms with E-state index in [9.17, 15) is 23.1 Å². The summed E-state index contributed by atoms with van der Waals surface area (Å²) in [7, 11) is 1.86. The van der Waals surface area contributed by atoms with E-state index in [-0.39, 0.29) is 23.9 Å². The monoisotopic (exact) mass is 467 g/mol. The molecule has 4 rings (SSSR count). The van der Waals surface area contributed by atoms with Gasteiger partial charge in [0, 0.05) is 36.3 Å². The number of phenols is 1.